The summed E-state index contributed by atoms with van der Waals surface area (Å²) in [6.45, 7) is 4.10. The van der Waals surface area contributed by atoms with Crippen molar-refractivity contribution in [2.45, 2.75) is 26.7 Å². The number of thiazole rings is 1. The van der Waals surface area contributed by atoms with Gasteiger partial charge in [-0.3, -0.25) is 19.6 Å². The van der Waals surface area contributed by atoms with E-state index in [1.54, 1.807) is 13.2 Å². The largest absolute Gasteiger partial charge is 0.479 e. The first-order chi connectivity index (χ1) is 10.8. The van der Waals surface area contributed by atoms with Crippen LogP contribution in [0.5, 0.6) is 5.88 Å². The number of rotatable bonds is 3. The molecule has 1 N–H and O–H groups in total. The topological polar surface area (TPSA) is 86.1 Å². The van der Waals surface area contributed by atoms with E-state index in [1.165, 1.54) is 23.1 Å². The lowest BCUT2D eigenvalue weighted by Gasteiger charge is -2.26. The number of amides is 1. The van der Waals surface area contributed by atoms with Gasteiger partial charge in [-0.2, -0.15) is 0 Å². The van der Waals surface area contributed by atoms with Gasteiger partial charge in [0.05, 0.1) is 17.7 Å². The number of methoxy groups -OCH3 is 1. The Bertz CT molecular complexity index is 791. The molecule has 7 nitrogen and oxygen atoms in total. The summed E-state index contributed by atoms with van der Waals surface area (Å²) < 4.78 is 6.59. The third-order valence-electron chi connectivity index (χ3n) is 3.69. The quantitative estimate of drug-likeness (QED) is 0.931. The smallest absolute Gasteiger partial charge is 0.264 e. The molecule has 0 saturated carbocycles. The Morgan fingerprint density at radius 1 is 1.43 bits per heavy atom. The van der Waals surface area contributed by atoms with Crippen LogP contribution in [0.4, 0.5) is 5.13 Å². The number of hydrogen-bond donors (Lipinski definition) is 1. The molecule has 2 aromatic heterocycles. The van der Waals surface area contributed by atoms with E-state index < -0.39 is 0 Å². The Hall–Kier alpha value is -2.22. The summed E-state index contributed by atoms with van der Waals surface area (Å²) in [6.07, 6.45) is 2.82. The number of fused-ring (bicyclic) bond motifs is 1. The molecule has 0 aliphatic heterocycles. The van der Waals surface area contributed by atoms with E-state index in [2.05, 4.69) is 15.4 Å². The van der Waals surface area contributed by atoms with E-state index in [0.29, 0.717) is 22.0 Å². The predicted octanol–water partition coefficient (Wildman–Crippen LogP) is 2.29. The molecule has 122 valence electrons. The fourth-order valence-electron chi connectivity index (χ4n) is 2.71. The highest BCUT2D eigenvalue weighted by Gasteiger charge is 2.34. The van der Waals surface area contributed by atoms with Gasteiger partial charge in [-0.15, -0.1) is 5.10 Å². The molecular formula is C15H18N4O3S. The van der Waals surface area contributed by atoms with E-state index in [4.69, 9.17) is 4.74 Å². The number of nitrogens with zero attached hydrogens (tertiary/aromatic N) is 3. The minimum absolute atomic E-state index is 0.0909. The van der Waals surface area contributed by atoms with Crippen molar-refractivity contribution >= 4 is 28.2 Å². The standard InChI is InChI=1S/C15H18N4O3S/c1-15(2)5-9-11(10(20)6-15)23-14(16-9)17-12(21)8-7-19(3)18-13(8)22-4/h7H,5-6H2,1-4H3,(H,16,17,21). The molecule has 0 radical (unpaired) electrons. The van der Waals surface area contributed by atoms with Crippen LogP contribution in [0.3, 0.4) is 0 Å². The molecule has 0 spiro atoms. The van der Waals surface area contributed by atoms with Crippen molar-refractivity contribution in [3.63, 3.8) is 0 Å². The molecule has 2 heterocycles. The number of ketones is 1. The molecule has 0 saturated heterocycles. The third kappa shape index (κ3) is 2.98. The van der Waals surface area contributed by atoms with Gasteiger partial charge >= 0.3 is 0 Å². The van der Waals surface area contributed by atoms with Crippen LogP contribution in [0.1, 0.15) is 46.0 Å². The molecule has 0 bridgehead atoms. The van der Waals surface area contributed by atoms with Gasteiger partial charge in [0.2, 0.25) is 5.88 Å². The Kier molecular flexibility index (Phi) is 3.71. The van der Waals surface area contributed by atoms with Gasteiger partial charge in [0.25, 0.3) is 5.91 Å². The molecule has 0 fully saturated rings. The highest BCUT2D eigenvalue weighted by Crippen LogP contribution is 2.38. The maximum atomic E-state index is 12.4. The minimum atomic E-state index is -0.354. The number of Topliss-reactive ketones (excluding diaryl/α,β-unsaturated/α-hetero) is 1. The Labute approximate surface area is 137 Å². The molecule has 8 heteroatoms. The summed E-state index contributed by atoms with van der Waals surface area (Å²) in [5.41, 5.74) is 1.01. The highest BCUT2D eigenvalue weighted by atomic mass is 32.1. The lowest BCUT2D eigenvalue weighted by atomic mass is 9.78. The number of hydrogen-bond acceptors (Lipinski definition) is 6. The lowest BCUT2D eigenvalue weighted by Crippen LogP contribution is -2.26. The van der Waals surface area contributed by atoms with Crippen LogP contribution < -0.4 is 10.1 Å². The second kappa shape index (κ2) is 5.45. The number of aromatic nitrogens is 3. The Balaban J connectivity index is 1.84. The minimum Gasteiger partial charge on any atom is -0.479 e. The maximum absolute atomic E-state index is 12.4. The average molecular weight is 334 g/mol. The number of anilines is 1. The predicted molar refractivity (Wildman–Crippen MR) is 86.3 cm³/mol. The van der Waals surface area contributed by atoms with Crippen molar-refractivity contribution in [3.05, 3.63) is 22.3 Å². The molecule has 1 amide bonds. The SMILES string of the molecule is COc1nn(C)cc1C(=O)Nc1nc2c(s1)C(=O)CC(C)(C)C2. The third-order valence-corrected chi connectivity index (χ3v) is 4.74. The summed E-state index contributed by atoms with van der Waals surface area (Å²) >= 11 is 1.23. The Morgan fingerprint density at radius 3 is 2.87 bits per heavy atom. The van der Waals surface area contributed by atoms with Crippen molar-refractivity contribution < 1.29 is 14.3 Å². The van der Waals surface area contributed by atoms with Gasteiger partial charge in [-0.05, 0) is 11.8 Å². The van der Waals surface area contributed by atoms with E-state index in [1.807, 2.05) is 13.8 Å². The molecular weight excluding hydrogens is 316 g/mol. The highest BCUT2D eigenvalue weighted by molar-refractivity contribution is 7.17. The first-order valence-electron chi connectivity index (χ1n) is 7.21. The molecule has 2 aromatic rings. The molecule has 1 aliphatic carbocycles. The van der Waals surface area contributed by atoms with Crippen molar-refractivity contribution in [2.75, 3.05) is 12.4 Å². The molecule has 0 unspecified atom stereocenters. The van der Waals surface area contributed by atoms with Crippen LogP contribution in [0.25, 0.3) is 0 Å². The van der Waals surface area contributed by atoms with Gasteiger partial charge in [0.15, 0.2) is 10.9 Å². The van der Waals surface area contributed by atoms with Gasteiger partial charge in [0.1, 0.15) is 5.56 Å². The van der Waals surface area contributed by atoms with Gasteiger partial charge in [-0.1, -0.05) is 25.2 Å². The number of carbonyl (C=O) groups is 2. The van der Waals surface area contributed by atoms with Crippen LogP contribution in [-0.4, -0.2) is 33.6 Å². The molecule has 23 heavy (non-hydrogen) atoms. The van der Waals surface area contributed by atoms with Crippen LogP contribution in [-0.2, 0) is 13.5 Å². The van der Waals surface area contributed by atoms with Crippen LogP contribution in [0.2, 0.25) is 0 Å². The zero-order valence-corrected chi connectivity index (χ0v) is 14.3. The maximum Gasteiger partial charge on any atom is 0.264 e. The zero-order valence-electron chi connectivity index (χ0n) is 13.5. The first-order valence-corrected chi connectivity index (χ1v) is 8.02. The van der Waals surface area contributed by atoms with Crippen molar-refractivity contribution in [3.8, 4) is 5.88 Å². The van der Waals surface area contributed by atoms with Crippen molar-refractivity contribution in [2.24, 2.45) is 12.5 Å². The monoisotopic (exact) mass is 334 g/mol. The van der Waals surface area contributed by atoms with E-state index in [-0.39, 0.29) is 23.0 Å². The normalized spacial score (nSPS) is 16.1. The number of carbonyl (C=O) groups excluding carboxylic acids is 2. The molecule has 0 atom stereocenters. The summed E-state index contributed by atoms with van der Waals surface area (Å²) in [7, 11) is 3.17. The number of nitrogens with one attached hydrogen (secondary N) is 1. The second-order valence-corrected chi connectivity index (χ2v) is 7.41. The summed E-state index contributed by atoms with van der Waals surface area (Å²) in [4.78, 5) is 29.6. The van der Waals surface area contributed by atoms with E-state index in [0.717, 1.165) is 12.1 Å². The number of ether oxygens (including phenoxy) is 1. The molecule has 0 aromatic carbocycles. The summed E-state index contributed by atoms with van der Waals surface area (Å²) in [5.74, 6) is -0.00973. The van der Waals surface area contributed by atoms with Crippen LogP contribution in [0, 0.1) is 5.41 Å². The first kappa shape index (κ1) is 15.7. The summed E-state index contributed by atoms with van der Waals surface area (Å²) in [5, 5.41) is 7.21. The number of aryl methyl sites for hydroxylation is 1. The fourth-order valence-corrected chi connectivity index (χ4v) is 3.63. The summed E-state index contributed by atoms with van der Waals surface area (Å²) in [6, 6.07) is 0. The average Bonchev–Trinajstić information content (AvgIpc) is 3.00. The van der Waals surface area contributed by atoms with Gasteiger partial charge in [0, 0.05) is 19.7 Å². The zero-order chi connectivity index (χ0) is 16.8. The Morgan fingerprint density at radius 2 is 2.17 bits per heavy atom. The van der Waals surface area contributed by atoms with Crippen LogP contribution >= 0.6 is 11.3 Å². The van der Waals surface area contributed by atoms with Gasteiger partial charge < -0.3 is 4.74 Å². The van der Waals surface area contributed by atoms with Crippen molar-refractivity contribution in [1.82, 2.24) is 14.8 Å². The fraction of sp³-hybridized carbons (Fsp3) is 0.467. The van der Waals surface area contributed by atoms with Crippen LogP contribution in [0.15, 0.2) is 6.20 Å². The van der Waals surface area contributed by atoms with Crippen molar-refractivity contribution in [1.29, 1.82) is 0 Å². The molecule has 3 rings (SSSR count). The molecule has 1 aliphatic rings. The van der Waals surface area contributed by atoms with Gasteiger partial charge in [-0.25, -0.2) is 4.98 Å². The van der Waals surface area contributed by atoms with E-state index >= 15 is 0 Å². The lowest BCUT2D eigenvalue weighted by molar-refractivity contribution is 0.0915. The van der Waals surface area contributed by atoms with E-state index in [9.17, 15) is 9.59 Å². The second-order valence-electron chi connectivity index (χ2n) is 6.42.